The Balaban J connectivity index is 2.10. The second kappa shape index (κ2) is 6.09. The average Bonchev–Trinajstić information content (AvgIpc) is 2.42. The van der Waals surface area contributed by atoms with Crippen LogP contribution in [0.5, 0.6) is 0 Å². The molecule has 0 saturated heterocycles. The molecule has 104 valence electrons. The number of carbonyl (C=O) groups excluding carboxylic acids is 1. The number of nitrogens with two attached hydrogens (primary N) is 1. The van der Waals surface area contributed by atoms with Crippen LogP contribution in [0.15, 0.2) is 46.9 Å². The predicted octanol–water partition coefficient (Wildman–Crippen LogP) is 3.83. The maximum absolute atomic E-state index is 12.2. The van der Waals surface area contributed by atoms with Crippen LogP contribution in [0.4, 0.5) is 5.69 Å². The van der Waals surface area contributed by atoms with E-state index in [0.717, 1.165) is 15.6 Å². The van der Waals surface area contributed by atoms with E-state index in [1.165, 1.54) is 0 Å². The van der Waals surface area contributed by atoms with Gasteiger partial charge in [0.05, 0.1) is 6.04 Å². The fourth-order valence-corrected chi connectivity index (χ4v) is 2.20. The minimum absolute atomic E-state index is 0.0477. The van der Waals surface area contributed by atoms with Gasteiger partial charge in [0.2, 0.25) is 0 Å². The number of hydrogen-bond donors (Lipinski definition) is 2. The molecule has 0 unspecified atom stereocenters. The van der Waals surface area contributed by atoms with Crippen molar-refractivity contribution in [1.29, 1.82) is 0 Å². The number of aryl methyl sites for hydroxylation is 1. The van der Waals surface area contributed by atoms with Crippen molar-refractivity contribution >= 4 is 27.5 Å². The number of rotatable bonds is 3. The number of anilines is 1. The molecular formula is C16H17BrN2O. The Morgan fingerprint density at radius 1 is 1.20 bits per heavy atom. The molecule has 0 aliphatic rings. The molecule has 0 fully saturated rings. The normalized spacial score (nSPS) is 11.9. The summed E-state index contributed by atoms with van der Waals surface area (Å²) in [5, 5.41) is 2.98. The Hall–Kier alpha value is -1.81. The van der Waals surface area contributed by atoms with Crippen LogP contribution in [0.2, 0.25) is 0 Å². The average molecular weight is 333 g/mol. The molecule has 0 spiro atoms. The van der Waals surface area contributed by atoms with Gasteiger partial charge in [-0.25, -0.2) is 0 Å². The van der Waals surface area contributed by atoms with Gasteiger partial charge in [-0.05, 0) is 55.3 Å². The highest BCUT2D eigenvalue weighted by molar-refractivity contribution is 9.10. The number of carbonyl (C=O) groups is 1. The van der Waals surface area contributed by atoms with Crippen molar-refractivity contribution in [2.45, 2.75) is 19.9 Å². The summed E-state index contributed by atoms with van der Waals surface area (Å²) < 4.78 is 1.02. The van der Waals surface area contributed by atoms with Gasteiger partial charge in [0.15, 0.2) is 0 Å². The molecule has 3 N–H and O–H groups in total. The first-order valence-corrected chi connectivity index (χ1v) is 7.19. The van der Waals surface area contributed by atoms with E-state index in [0.29, 0.717) is 11.3 Å². The molecular weight excluding hydrogens is 316 g/mol. The zero-order chi connectivity index (χ0) is 14.7. The highest BCUT2D eigenvalue weighted by Crippen LogP contribution is 2.18. The van der Waals surface area contributed by atoms with Crippen LogP contribution in [0.1, 0.15) is 34.5 Å². The molecule has 3 nitrogen and oxygen atoms in total. The van der Waals surface area contributed by atoms with Crippen molar-refractivity contribution in [2.24, 2.45) is 0 Å². The lowest BCUT2D eigenvalue weighted by atomic mass is 10.1. The van der Waals surface area contributed by atoms with Gasteiger partial charge in [0, 0.05) is 15.7 Å². The lowest BCUT2D eigenvalue weighted by Crippen LogP contribution is -2.26. The van der Waals surface area contributed by atoms with Crippen LogP contribution in [0.25, 0.3) is 0 Å². The maximum atomic E-state index is 12.2. The first kappa shape index (κ1) is 14.6. The third-order valence-electron chi connectivity index (χ3n) is 3.25. The second-order valence-electron chi connectivity index (χ2n) is 4.82. The van der Waals surface area contributed by atoms with Gasteiger partial charge in [0.25, 0.3) is 5.91 Å². The summed E-state index contributed by atoms with van der Waals surface area (Å²) in [5.41, 5.74) is 9.06. The van der Waals surface area contributed by atoms with Crippen LogP contribution in [-0.4, -0.2) is 5.91 Å². The molecule has 20 heavy (non-hydrogen) atoms. The number of benzene rings is 2. The van der Waals surface area contributed by atoms with E-state index in [1.807, 2.05) is 38.1 Å². The Morgan fingerprint density at radius 2 is 1.85 bits per heavy atom. The Morgan fingerprint density at radius 3 is 2.45 bits per heavy atom. The molecule has 0 aliphatic carbocycles. The lowest BCUT2D eigenvalue weighted by Gasteiger charge is -2.15. The third kappa shape index (κ3) is 3.39. The van der Waals surface area contributed by atoms with E-state index in [9.17, 15) is 4.79 Å². The maximum Gasteiger partial charge on any atom is 0.251 e. The molecule has 2 aromatic rings. The molecule has 0 aliphatic heterocycles. The van der Waals surface area contributed by atoms with Crippen LogP contribution in [-0.2, 0) is 0 Å². The van der Waals surface area contributed by atoms with Gasteiger partial charge in [-0.1, -0.05) is 28.1 Å². The summed E-state index contributed by atoms with van der Waals surface area (Å²) in [6.07, 6.45) is 0. The summed E-state index contributed by atoms with van der Waals surface area (Å²) in [4.78, 5) is 12.2. The lowest BCUT2D eigenvalue weighted by molar-refractivity contribution is 0.0940. The van der Waals surface area contributed by atoms with Crippen molar-refractivity contribution in [3.8, 4) is 0 Å². The van der Waals surface area contributed by atoms with Gasteiger partial charge in [-0.3, -0.25) is 4.79 Å². The third-order valence-corrected chi connectivity index (χ3v) is 3.78. The van der Waals surface area contributed by atoms with Crippen molar-refractivity contribution in [2.75, 3.05) is 5.73 Å². The van der Waals surface area contributed by atoms with Gasteiger partial charge < -0.3 is 11.1 Å². The minimum atomic E-state index is -0.0940. The summed E-state index contributed by atoms with van der Waals surface area (Å²) in [5.74, 6) is -0.0940. The SMILES string of the molecule is Cc1cc(C(=O)N[C@H](C)c2ccc(Br)cc2)ccc1N. The molecule has 0 aromatic heterocycles. The van der Waals surface area contributed by atoms with Gasteiger partial charge in [-0.2, -0.15) is 0 Å². The Kier molecular flexibility index (Phi) is 4.45. The number of hydrogen-bond acceptors (Lipinski definition) is 2. The van der Waals surface area contributed by atoms with Crippen LogP contribution < -0.4 is 11.1 Å². The smallest absolute Gasteiger partial charge is 0.251 e. The topological polar surface area (TPSA) is 55.1 Å². The van der Waals surface area contributed by atoms with Gasteiger partial charge in [0.1, 0.15) is 0 Å². The summed E-state index contributed by atoms with van der Waals surface area (Å²) in [6, 6.07) is 13.2. The fourth-order valence-electron chi connectivity index (χ4n) is 1.93. The molecule has 0 bridgehead atoms. The van der Waals surface area contributed by atoms with Crippen LogP contribution in [0.3, 0.4) is 0 Å². The highest BCUT2D eigenvalue weighted by atomic mass is 79.9. The Labute approximate surface area is 127 Å². The van der Waals surface area contributed by atoms with E-state index in [-0.39, 0.29) is 11.9 Å². The molecule has 1 atom stereocenters. The quantitative estimate of drug-likeness (QED) is 0.839. The van der Waals surface area contributed by atoms with E-state index < -0.39 is 0 Å². The monoisotopic (exact) mass is 332 g/mol. The van der Waals surface area contributed by atoms with E-state index in [1.54, 1.807) is 18.2 Å². The minimum Gasteiger partial charge on any atom is -0.399 e. The van der Waals surface area contributed by atoms with E-state index in [2.05, 4.69) is 21.2 Å². The number of halogens is 1. The zero-order valence-corrected chi connectivity index (χ0v) is 13.1. The largest absolute Gasteiger partial charge is 0.399 e. The number of amides is 1. The summed E-state index contributed by atoms with van der Waals surface area (Å²) in [6.45, 7) is 3.86. The van der Waals surface area contributed by atoms with Crippen molar-refractivity contribution in [3.63, 3.8) is 0 Å². The predicted molar refractivity (Wildman–Crippen MR) is 85.6 cm³/mol. The van der Waals surface area contributed by atoms with Crippen molar-refractivity contribution in [3.05, 3.63) is 63.6 Å². The summed E-state index contributed by atoms with van der Waals surface area (Å²) >= 11 is 3.40. The van der Waals surface area contributed by atoms with Gasteiger partial charge in [-0.15, -0.1) is 0 Å². The Bertz CT molecular complexity index is 623. The first-order valence-electron chi connectivity index (χ1n) is 6.40. The molecule has 4 heteroatoms. The van der Waals surface area contributed by atoms with E-state index in [4.69, 9.17) is 5.73 Å². The number of nitrogens with one attached hydrogen (secondary N) is 1. The molecule has 2 rings (SSSR count). The molecule has 2 aromatic carbocycles. The summed E-state index contributed by atoms with van der Waals surface area (Å²) in [7, 11) is 0. The fraction of sp³-hybridized carbons (Fsp3) is 0.188. The van der Waals surface area contributed by atoms with Gasteiger partial charge >= 0.3 is 0 Å². The first-order chi connectivity index (χ1) is 9.47. The molecule has 1 amide bonds. The molecule has 0 saturated carbocycles. The zero-order valence-electron chi connectivity index (χ0n) is 11.5. The van der Waals surface area contributed by atoms with E-state index >= 15 is 0 Å². The highest BCUT2D eigenvalue weighted by Gasteiger charge is 2.12. The standard InChI is InChI=1S/C16H17BrN2O/c1-10-9-13(5-8-15(10)18)16(20)19-11(2)12-3-6-14(17)7-4-12/h3-9,11H,18H2,1-2H3,(H,19,20)/t11-/m1/s1. The molecule has 0 radical (unpaired) electrons. The molecule has 0 heterocycles. The van der Waals surface area contributed by atoms with Crippen molar-refractivity contribution < 1.29 is 4.79 Å². The second-order valence-corrected chi connectivity index (χ2v) is 5.73. The van der Waals surface area contributed by atoms with Crippen LogP contribution in [0, 0.1) is 6.92 Å². The number of nitrogen functional groups attached to an aromatic ring is 1. The van der Waals surface area contributed by atoms with Crippen LogP contribution >= 0.6 is 15.9 Å². The van der Waals surface area contributed by atoms with Crippen molar-refractivity contribution in [1.82, 2.24) is 5.32 Å².